The van der Waals surface area contributed by atoms with Gasteiger partial charge >= 0.3 is 0 Å². The SMILES string of the molecule is Cc1ccc(-c2ccc(CNC(=O)CCN)cc2)cc1.Cl. The number of hydrogen-bond acceptors (Lipinski definition) is 2. The Hall–Kier alpha value is -1.84. The summed E-state index contributed by atoms with van der Waals surface area (Å²) in [6, 6.07) is 16.7. The topological polar surface area (TPSA) is 55.1 Å². The predicted octanol–water partition coefficient (Wildman–Crippen LogP) is 3.05. The summed E-state index contributed by atoms with van der Waals surface area (Å²) in [6.45, 7) is 3.02. The largest absolute Gasteiger partial charge is 0.352 e. The van der Waals surface area contributed by atoms with Gasteiger partial charge in [-0.25, -0.2) is 0 Å². The summed E-state index contributed by atoms with van der Waals surface area (Å²) < 4.78 is 0. The fraction of sp³-hybridized carbons (Fsp3) is 0.235. The number of rotatable bonds is 5. The number of hydrogen-bond donors (Lipinski definition) is 2. The number of amides is 1. The molecular weight excluding hydrogens is 284 g/mol. The third-order valence-electron chi connectivity index (χ3n) is 3.20. The Morgan fingerprint density at radius 1 is 1.00 bits per heavy atom. The van der Waals surface area contributed by atoms with Crippen LogP contribution in [0.2, 0.25) is 0 Å². The number of nitrogens with one attached hydrogen (secondary N) is 1. The van der Waals surface area contributed by atoms with Crippen LogP contribution < -0.4 is 11.1 Å². The fourth-order valence-corrected chi connectivity index (χ4v) is 1.98. The number of carbonyl (C=O) groups is 1. The molecule has 0 saturated carbocycles. The maximum Gasteiger partial charge on any atom is 0.221 e. The van der Waals surface area contributed by atoms with E-state index in [1.807, 2.05) is 12.1 Å². The lowest BCUT2D eigenvalue weighted by molar-refractivity contribution is -0.121. The molecule has 0 atom stereocenters. The first kappa shape index (κ1) is 17.2. The highest BCUT2D eigenvalue weighted by Crippen LogP contribution is 2.20. The molecule has 0 aliphatic rings. The van der Waals surface area contributed by atoms with E-state index < -0.39 is 0 Å². The minimum Gasteiger partial charge on any atom is -0.352 e. The van der Waals surface area contributed by atoms with E-state index in [-0.39, 0.29) is 18.3 Å². The highest BCUT2D eigenvalue weighted by Gasteiger charge is 2.01. The summed E-state index contributed by atoms with van der Waals surface area (Å²) >= 11 is 0. The molecule has 0 aliphatic heterocycles. The van der Waals surface area contributed by atoms with Gasteiger partial charge in [-0.2, -0.15) is 0 Å². The molecule has 0 aliphatic carbocycles. The average Bonchev–Trinajstić information content (AvgIpc) is 2.47. The maximum atomic E-state index is 11.3. The lowest BCUT2D eigenvalue weighted by Gasteiger charge is -2.06. The lowest BCUT2D eigenvalue weighted by Crippen LogP contribution is -2.24. The standard InChI is InChI=1S/C17H20N2O.ClH/c1-13-2-6-15(7-3-13)16-8-4-14(5-9-16)12-19-17(20)10-11-18;/h2-9H,10-12,18H2,1H3,(H,19,20);1H. The second-order valence-electron chi connectivity index (χ2n) is 4.88. The molecule has 21 heavy (non-hydrogen) atoms. The van der Waals surface area contributed by atoms with E-state index in [0.29, 0.717) is 19.5 Å². The van der Waals surface area contributed by atoms with Crippen LogP contribution in [-0.2, 0) is 11.3 Å². The van der Waals surface area contributed by atoms with Gasteiger partial charge in [-0.3, -0.25) is 4.79 Å². The van der Waals surface area contributed by atoms with Gasteiger partial charge in [0.15, 0.2) is 0 Å². The van der Waals surface area contributed by atoms with Gasteiger partial charge in [0, 0.05) is 19.5 Å². The van der Waals surface area contributed by atoms with Crippen LogP contribution in [0.15, 0.2) is 48.5 Å². The third-order valence-corrected chi connectivity index (χ3v) is 3.20. The Labute approximate surface area is 132 Å². The van der Waals surface area contributed by atoms with Crippen LogP contribution in [0.4, 0.5) is 0 Å². The number of carbonyl (C=O) groups excluding carboxylic acids is 1. The van der Waals surface area contributed by atoms with Gasteiger partial charge in [-0.05, 0) is 23.6 Å². The van der Waals surface area contributed by atoms with Crippen LogP contribution in [0.1, 0.15) is 17.5 Å². The first-order chi connectivity index (χ1) is 9.69. The molecule has 3 N–H and O–H groups in total. The van der Waals surface area contributed by atoms with Gasteiger partial charge in [-0.1, -0.05) is 54.1 Å². The molecule has 3 nitrogen and oxygen atoms in total. The third kappa shape index (κ3) is 5.21. The first-order valence-corrected chi connectivity index (χ1v) is 6.82. The van der Waals surface area contributed by atoms with Gasteiger partial charge in [-0.15, -0.1) is 12.4 Å². The fourth-order valence-electron chi connectivity index (χ4n) is 1.98. The summed E-state index contributed by atoms with van der Waals surface area (Å²) in [5, 5.41) is 2.85. The Balaban J connectivity index is 0.00000220. The molecule has 4 heteroatoms. The lowest BCUT2D eigenvalue weighted by atomic mass is 10.0. The normalized spacial score (nSPS) is 9.81. The molecule has 0 aromatic heterocycles. The molecule has 0 bridgehead atoms. The van der Waals surface area contributed by atoms with E-state index in [4.69, 9.17) is 5.73 Å². The van der Waals surface area contributed by atoms with Crippen molar-refractivity contribution in [3.8, 4) is 11.1 Å². The van der Waals surface area contributed by atoms with E-state index in [2.05, 4.69) is 48.6 Å². The smallest absolute Gasteiger partial charge is 0.221 e. The molecule has 1 amide bonds. The van der Waals surface area contributed by atoms with Gasteiger partial charge in [0.1, 0.15) is 0 Å². The predicted molar refractivity (Wildman–Crippen MR) is 89.4 cm³/mol. The molecular formula is C17H21ClN2O. The van der Waals surface area contributed by atoms with Gasteiger partial charge in [0.2, 0.25) is 5.91 Å². The van der Waals surface area contributed by atoms with Crippen LogP contribution in [0.5, 0.6) is 0 Å². The minimum absolute atomic E-state index is 0. The second kappa shape index (κ2) is 8.45. The summed E-state index contributed by atoms with van der Waals surface area (Å²) in [4.78, 5) is 11.3. The summed E-state index contributed by atoms with van der Waals surface area (Å²) in [5.41, 5.74) is 10.1. The number of aryl methyl sites for hydroxylation is 1. The summed E-state index contributed by atoms with van der Waals surface area (Å²) in [5.74, 6) is -0.00453. The quantitative estimate of drug-likeness (QED) is 0.892. The van der Waals surface area contributed by atoms with Crippen molar-refractivity contribution in [1.82, 2.24) is 5.32 Å². The highest BCUT2D eigenvalue weighted by molar-refractivity contribution is 5.85. The van der Waals surface area contributed by atoms with Crippen LogP contribution in [-0.4, -0.2) is 12.5 Å². The van der Waals surface area contributed by atoms with Crippen molar-refractivity contribution in [1.29, 1.82) is 0 Å². The second-order valence-corrected chi connectivity index (χ2v) is 4.88. The molecule has 2 aromatic rings. The van der Waals surface area contributed by atoms with Crippen molar-refractivity contribution in [3.63, 3.8) is 0 Å². The molecule has 0 radical (unpaired) electrons. The Bertz CT molecular complexity index is 564. The number of benzene rings is 2. The molecule has 2 rings (SSSR count). The molecule has 0 fully saturated rings. The van der Waals surface area contributed by atoms with E-state index in [1.54, 1.807) is 0 Å². The van der Waals surface area contributed by atoms with E-state index in [0.717, 1.165) is 5.56 Å². The molecule has 0 heterocycles. The maximum absolute atomic E-state index is 11.3. The zero-order chi connectivity index (χ0) is 14.4. The monoisotopic (exact) mass is 304 g/mol. The molecule has 0 saturated heterocycles. The van der Waals surface area contributed by atoms with Crippen LogP contribution in [0.3, 0.4) is 0 Å². The number of halogens is 1. The minimum atomic E-state index is -0.00453. The Morgan fingerprint density at radius 3 is 2.05 bits per heavy atom. The van der Waals surface area contributed by atoms with Crippen LogP contribution in [0.25, 0.3) is 11.1 Å². The number of nitrogens with two attached hydrogens (primary N) is 1. The molecule has 0 unspecified atom stereocenters. The van der Waals surface area contributed by atoms with Gasteiger partial charge < -0.3 is 11.1 Å². The zero-order valence-corrected chi connectivity index (χ0v) is 13.0. The van der Waals surface area contributed by atoms with Crippen molar-refractivity contribution in [2.45, 2.75) is 19.9 Å². The van der Waals surface area contributed by atoms with Crippen LogP contribution >= 0.6 is 12.4 Å². The van der Waals surface area contributed by atoms with Crippen molar-refractivity contribution < 1.29 is 4.79 Å². The highest BCUT2D eigenvalue weighted by atomic mass is 35.5. The van der Waals surface area contributed by atoms with Crippen LogP contribution in [0, 0.1) is 6.92 Å². The van der Waals surface area contributed by atoms with Crippen molar-refractivity contribution in [2.75, 3.05) is 6.54 Å². The van der Waals surface area contributed by atoms with Crippen molar-refractivity contribution in [2.24, 2.45) is 5.73 Å². The van der Waals surface area contributed by atoms with E-state index in [9.17, 15) is 4.79 Å². The van der Waals surface area contributed by atoms with Gasteiger partial charge in [0.05, 0.1) is 0 Å². The average molecular weight is 305 g/mol. The van der Waals surface area contributed by atoms with Crippen molar-refractivity contribution >= 4 is 18.3 Å². The van der Waals surface area contributed by atoms with E-state index in [1.165, 1.54) is 16.7 Å². The zero-order valence-electron chi connectivity index (χ0n) is 12.1. The molecule has 112 valence electrons. The summed E-state index contributed by atoms with van der Waals surface area (Å²) in [6.07, 6.45) is 0.376. The molecule has 2 aromatic carbocycles. The first-order valence-electron chi connectivity index (χ1n) is 6.82. The Kier molecular flexibility index (Phi) is 6.92. The van der Waals surface area contributed by atoms with Gasteiger partial charge in [0.25, 0.3) is 0 Å². The summed E-state index contributed by atoms with van der Waals surface area (Å²) in [7, 11) is 0. The Morgan fingerprint density at radius 2 is 1.52 bits per heavy atom. The molecule has 0 spiro atoms. The van der Waals surface area contributed by atoms with E-state index >= 15 is 0 Å². The van der Waals surface area contributed by atoms with Crippen molar-refractivity contribution in [3.05, 3.63) is 59.7 Å².